The molecule has 0 bridgehead atoms. The number of likely N-dealkylation sites (N-methyl/N-ethyl adjacent to an activating group) is 1. The molecule has 0 aromatic heterocycles. The molecular weight excluding hydrogens is 217 g/mol. The summed E-state index contributed by atoms with van der Waals surface area (Å²) in [5.41, 5.74) is 7.30. The molecular formula is C13H22FN3. The molecule has 0 radical (unpaired) electrons. The number of rotatable bonds is 6. The molecule has 0 saturated heterocycles. The Hall–Kier alpha value is -1.29. The Morgan fingerprint density at radius 1 is 1.18 bits per heavy atom. The summed E-state index contributed by atoms with van der Waals surface area (Å²) in [6.45, 7) is 4.92. The predicted octanol–water partition coefficient (Wildman–Crippen LogP) is 2.19. The summed E-state index contributed by atoms with van der Waals surface area (Å²) in [5.74, 6) is -0.282. The highest BCUT2D eigenvalue weighted by Gasteiger charge is 2.09. The quantitative estimate of drug-likeness (QED) is 0.772. The van der Waals surface area contributed by atoms with Crippen molar-refractivity contribution in [3.8, 4) is 0 Å². The molecule has 0 aliphatic heterocycles. The Morgan fingerprint density at radius 3 is 2.41 bits per heavy atom. The summed E-state index contributed by atoms with van der Waals surface area (Å²) < 4.78 is 13.0. The van der Waals surface area contributed by atoms with E-state index in [2.05, 4.69) is 16.7 Å². The molecule has 3 nitrogen and oxygen atoms in total. The van der Waals surface area contributed by atoms with Gasteiger partial charge in [0.25, 0.3) is 0 Å². The highest BCUT2D eigenvalue weighted by molar-refractivity contribution is 5.67. The van der Waals surface area contributed by atoms with Gasteiger partial charge in [0.1, 0.15) is 5.82 Å². The molecule has 1 aromatic rings. The lowest BCUT2D eigenvalue weighted by Gasteiger charge is -2.27. The van der Waals surface area contributed by atoms with E-state index in [0.717, 1.165) is 31.7 Å². The highest BCUT2D eigenvalue weighted by atomic mass is 19.1. The Bertz CT molecular complexity index is 353. The fourth-order valence-electron chi connectivity index (χ4n) is 1.76. The Labute approximate surface area is 103 Å². The first kappa shape index (κ1) is 13.8. The van der Waals surface area contributed by atoms with E-state index >= 15 is 0 Å². The molecule has 1 aromatic carbocycles. The van der Waals surface area contributed by atoms with Crippen molar-refractivity contribution in [3.63, 3.8) is 0 Å². The summed E-state index contributed by atoms with van der Waals surface area (Å²) in [7, 11) is 4.08. The third kappa shape index (κ3) is 4.23. The van der Waals surface area contributed by atoms with Crippen molar-refractivity contribution in [2.24, 2.45) is 0 Å². The van der Waals surface area contributed by atoms with Crippen molar-refractivity contribution in [1.82, 2.24) is 4.90 Å². The van der Waals surface area contributed by atoms with E-state index in [1.54, 1.807) is 6.07 Å². The van der Waals surface area contributed by atoms with Crippen LogP contribution in [0.5, 0.6) is 0 Å². The van der Waals surface area contributed by atoms with Gasteiger partial charge in [-0.3, -0.25) is 0 Å². The predicted molar refractivity (Wildman–Crippen MR) is 71.9 cm³/mol. The van der Waals surface area contributed by atoms with Crippen LogP contribution in [0.15, 0.2) is 18.2 Å². The zero-order chi connectivity index (χ0) is 12.8. The highest BCUT2D eigenvalue weighted by Crippen LogP contribution is 2.23. The Kier molecular flexibility index (Phi) is 5.22. The van der Waals surface area contributed by atoms with E-state index in [4.69, 9.17) is 5.73 Å². The van der Waals surface area contributed by atoms with Crippen molar-refractivity contribution < 1.29 is 4.39 Å². The third-order valence-corrected chi connectivity index (χ3v) is 2.64. The normalized spacial score (nSPS) is 10.9. The van der Waals surface area contributed by atoms with Gasteiger partial charge < -0.3 is 15.5 Å². The molecule has 96 valence electrons. The van der Waals surface area contributed by atoms with E-state index in [1.807, 2.05) is 14.1 Å². The fourth-order valence-corrected chi connectivity index (χ4v) is 1.76. The largest absolute Gasteiger partial charge is 0.397 e. The maximum atomic E-state index is 13.0. The molecule has 1 rings (SSSR count). The van der Waals surface area contributed by atoms with Gasteiger partial charge in [-0.05, 0) is 38.7 Å². The van der Waals surface area contributed by atoms with Crippen molar-refractivity contribution in [2.75, 3.05) is 44.4 Å². The minimum atomic E-state index is -0.282. The summed E-state index contributed by atoms with van der Waals surface area (Å²) >= 11 is 0. The number of nitrogen functional groups attached to an aromatic ring is 1. The fraction of sp³-hybridized carbons (Fsp3) is 0.538. The van der Waals surface area contributed by atoms with E-state index in [-0.39, 0.29) is 5.82 Å². The molecule has 4 heteroatoms. The number of hydrogen-bond donors (Lipinski definition) is 1. The average molecular weight is 239 g/mol. The lowest BCUT2D eigenvalue weighted by molar-refractivity contribution is 0.413. The zero-order valence-corrected chi connectivity index (χ0v) is 10.9. The maximum absolute atomic E-state index is 13.0. The molecule has 0 fully saturated rings. The monoisotopic (exact) mass is 239 g/mol. The number of hydrogen-bond acceptors (Lipinski definition) is 3. The second-order valence-corrected chi connectivity index (χ2v) is 4.49. The topological polar surface area (TPSA) is 32.5 Å². The molecule has 0 saturated carbocycles. The first-order chi connectivity index (χ1) is 8.04. The van der Waals surface area contributed by atoms with Crippen LogP contribution in [-0.2, 0) is 0 Å². The van der Waals surface area contributed by atoms with Gasteiger partial charge in [0.15, 0.2) is 0 Å². The van der Waals surface area contributed by atoms with Gasteiger partial charge >= 0.3 is 0 Å². The molecule has 0 aliphatic carbocycles. The molecule has 0 atom stereocenters. The molecule has 0 aliphatic rings. The second kappa shape index (κ2) is 6.45. The second-order valence-electron chi connectivity index (χ2n) is 4.49. The van der Waals surface area contributed by atoms with Gasteiger partial charge in [-0.25, -0.2) is 4.39 Å². The van der Waals surface area contributed by atoms with E-state index in [1.165, 1.54) is 12.1 Å². The van der Waals surface area contributed by atoms with Crippen LogP contribution in [0.3, 0.4) is 0 Å². The van der Waals surface area contributed by atoms with Crippen molar-refractivity contribution >= 4 is 11.4 Å². The first-order valence-electron chi connectivity index (χ1n) is 5.99. The van der Waals surface area contributed by atoms with Gasteiger partial charge in [-0.2, -0.15) is 0 Å². The number of nitrogens with two attached hydrogens (primary N) is 1. The number of benzene rings is 1. The van der Waals surface area contributed by atoms with Crippen LogP contribution in [0.25, 0.3) is 0 Å². The van der Waals surface area contributed by atoms with Crippen LogP contribution in [0.1, 0.15) is 13.3 Å². The summed E-state index contributed by atoms with van der Waals surface area (Å²) in [6, 6.07) is 4.60. The number of halogens is 1. The van der Waals surface area contributed by atoms with Gasteiger partial charge in [0, 0.05) is 19.6 Å². The lowest BCUT2D eigenvalue weighted by Crippen LogP contribution is -2.32. The average Bonchev–Trinajstić information content (AvgIpc) is 2.24. The van der Waals surface area contributed by atoms with Crippen LogP contribution < -0.4 is 10.6 Å². The summed E-state index contributed by atoms with van der Waals surface area (Å²) in [5, 5.41) is 0. The van der Waals surface area contributed by atoms with Gasteiger partial charge in [-0.1, -0.05) is 6.92 Å². The van der Waals surface area contributed by atoms with Crippen molar-refractivity contribution in [1.29, 1.82) is 0 Å². The van der Waals surface area contributed by atoms with Crippen LogP contribution >= 0.6 is 0 Å². The minimum absolute atomic E-state index is 0.282. The van der Waals surface area contributed by atoms with Gasteiger partial charge in [0.05, 0.1) is 11.4 Å². The van der Waals surface area contributed by atoms with E-state index in [9.17, 15) is 4.39 Å². The molecule has 2 N–H and O–H groups in total. The smallest absolute Gasteiger partial charge is 0.125 e. The summed E-state index contributed by atoms with van der Waals surface area (Å²) in [6.07, 6.45) is 1.05. The van der Waals surface area contributed by atoms with Crippen molar-refractivity contribution in [2.45, 2.75) is 13.3 Å². The Balaban J connectivity index is 2.81. The minimum Gasteiger partial charge on any atom is -0.397 e. The maximum Gasteiger partial charge on any atom is 0.125 e. The number of anilines is 2. The Morgan fingerprint density at radius 2 is 1.88 bits per heavy atom. The van der Waals surface area contributed by atoms with Crippen LogP contribution in [0, 0.1) is 5.82 Å². The van der Waals surface area contributed by atoms with Crippen molar-refractivity contribution in [3.05, 3.63) is 24.0 Å². The number of nitrogens with zero attached hydrogens (tertiary/aromatic N) is 2. The SMILES string of the molecule is CCCN(CCN(C)C)c1ccc(F)cc1N. The van der Waals surface area contributed by atoms with Crippen LogP contribution in [0.4, 0.5) is 15.8 Å². The molecule has 0 spiro atoms. The van der Waals surface area contributed by atoms with Gasteiger partial charge in [-0.15, -0.1) is 0 Å². The summed E-state index contributed by atoms with van der Waals surface area (Å²) in [4.78, 5) is 4.33. The van der Waals surface area contributed by atoms with Gasteiger partial charge in [0.2, 0.25) is 0 Å². The zero-order valence-electron chi connectivity index (χ0n) is 10.9. The first-order valence-corrected chi connectivity index (χ1v) is 5.99. The van der Waals surface area contributed by atoms with Crippen LogP contribution in [-0.4, -0.2) is 38.6 Å². The van der Waals surface area contributed by atoms with E-state index in [0.29, 0.717) is 5.69 Å². The molecule has 0 heterocycles. The van der Waals surface area contributed by atoms with Crippen LogP contribution in [0.2, 0.25) is 0 Å². The lowest BCUT2D eigenvalue weighted by atomic mass is 10.2. The molecule has 17 heavy (non-hydrogen) atoms. The molecule has 0 unspecified atom stereocenters. The van der Waals surface area contributed by atoms with E-state index < -0.39 is 0 Å². The molecule has 0 amide bonds. The third-order valence-electron chi connectivity index (χ3n) is 2.64. The standard InChI is InChI=1S/C13H22FN3/c1-4-7-17(9-8-16(2)3)13-6-5-11(14)10-12(13)15/h5-6,10H,4,7-9,15H2,1-3H3.